The van der Waals surface area contributed by atoms with E-state index in [1.807, 2.05) is 6.92 Å². The Hall–Kier alpha value is -0.830. The van der Waals surface area contributed by atoms with Gasteiger partial charge in [0.25, 0.3) is 0 Å². The number of nitrogens with zero attached hydrogens (tertiary/aromatic N) is 1. The monoisotopic (exact) mass is 151 g/mol. The molecule has 0 aromatic carbocycles. The molecule has 60 valence electrons. The average molecular weight is 151 g/mol. The van der Waals surface area contributed by atoms with Gasteiger partial charge in [-0.05, 0) is 19.8 Å². The van der Waals surface area contributed by atoms with Gasteiger partial charge in [0, 0.05) is 12.5 Å². The lowest BCUT2D eigenvalue weighted by Gasteiger charge is -1.93. The molecule has 0 atom stereocenters. The van der Waals surface area contributed by atoms with E-state index < -0.39 is 0 Å². The number of rotatable bonds is 2. The first-order valence-electron chi connectivity index (χ1n) is 4.06. The predicted octanol–water partition coefficient (Wildman–Crippen LogP) is 1.05. The van der Waals surface area contributed by atoms with E-state index in [9.17, 15) is 0 Å². The number of aryl methyl sites for hydroxylation is 1. The summed E-state index contributed by atoms with van der Waals surface area (Å²) in [7, 11) is 0. The maximum Gasteiger partial charge on any atom is 0.103 e. The Kier molecular flexibility index (Phi) is 1.46. The van der Waals surface area contributed by atoms with Crippen molar-refractivity contribution in [2.75, 3.05) is 0 Å². The normalized spacial score (nSPS) is 17.3. The third kappa shape index (κ3) is 1.16. The number of hydrogen-bond acceptors (Lipinski definition) is 2. The zero-order valence-corrected chi connectivity index (χ0v) is 6.72. The maximum atomic E-state index is 5.56. The minimum atomic E-state index is 0.590. The van der Waals surface area contributed by atoms with Gasteiger partial charge in [-0.3, -0.25) is 0 Å². The van der Waals surface area contributed by atoms with Crippen molar-refractivity contribution in [3.8, 4) is 0 Å². The van der Waals surface area contributed by atoms with E-state index in [0.29, 0.717) is 12.5 Å². The highest BCUT2D eigenvalue weighted by Crippen LogP contribution is 2.40. The predicted molar refractivity (Wildman–Crippen MR) is 43.2 cm³/mol. The van der Waals surface area contributed by atoms with Gasteiger partial charge in [0.15, 0.2) is 0 Å². The van der Waals surface area contributed by atoms with Crippen molar-refractivity contribution in [1.29, 1.82) is 0 Å². The summed E-state index contributed by atoms with van der Waals surface area (Å²) < 4.78 is 0. The second kappa shape index (κ2) is 2.34. The van der Waals surface area contributed by atoms with Crippen molar-refractivity contribution < 1.29 is 0 Å². The number of imidazole rings is 1. The van der Waals surface area contributed by atoms with Gasteiger partial charge in [-0.2, -0.15) is 0 Å². The van der Waals surface area contributed by atoms with Crippen LogP contribution in [0.5, 0.6) is 0 Å². The number of nitrogens with two attached hydrogens (primary N) is 1. The van der Waals surface area contributed by atoms with Gasteiger partial charge >= 0.3 is 0 Å². The van der Waals surface area contributed by atoms with E-state index in [2.05, 4.69) is 9.97 Å². The Balaban J connectivity index is 2.34. The highest BCUT2D eigenvalue weighted by atomic mass is 14.9. The van der Waals surface area contributed by atoms with Gasteiger partial charge in [0.05, 0.1) is 11.4 Å². The topological polar surface area (TPSA) is 54.7 Å². The van der Waals surface area contributed by atoms with Crippen molar-refractivity contribution in [2.24, 2.45) is 5.73 Å². The molecule has 0 bridgehead atoms. The van der Waals surface area contributed by atoms with Crippen LogP contribution in [-0.4, -0.2) is 9.97 Å². The van der Waals surface area contributed by atoms with E-state index in [0.717, 1.165) is 11.5 Å². The summed E-state index contributed by atoms with van der Waals surface area (Å²) in [5.74, 6) is 1.70. The van der Waals surface area contributed by atoms with Crippen LogP contribution in [0.2, 0.25) is 0 Å². The number of nitrogens with one attached hydrogen (secondary N) is 1. The molecule has 0 aliphatic heterocycles. The van der Waals surface area contributed by atoms with Crippen LogP contribution in [0.3, 0.4) is 0 Å². The van der Waals surface area contributed by atoms with Crippen molar-refractivity contribution in [3.63, 3.8) is 0 Å². The van der Waals surface area contributed by atoms with Crippen molar-refractivity contribution in [2.45, 2.75) is 32.2 Å². The molecule has 1 heterocycles. The fourth-order valence-electron chi connectivity index (χ4n) is 1.41. The first-order valence-corrected chi connectivity index (χ1v) is 4.06. The summed E-state index contributed by atoms with van der Waals surface area (Å²) in [5.41, 5.74) is 7.90. The van der Waals surface area contributed by atoms with E-state index >= 15 is 0 Å². The summed E-state index contributed by atoms with van der Waals surface area (Å²) in [6.45, 7) is 2.57. The largest absolute Gasteiger partial charge is 0.345 e. The highest BCUT2D eigenvalue weighted by Gasteiger charge is 2.28. The van der Waals surface area contributed by atoms with E-state index in [1.54, 1.807) is 0 Å². The summed E-state index contributed by atoms with van der Waals surface area (Å²) in [6, 6.07) is 0. The van der Waals surface area contributed by atoms with Gasteiger partial charge in [-0.25, -0.2) is 4.98 Å². The third-order valence-electron chi connectivity index (χ3n) is 2.10. The maximum absolute atomic E-state index is 5.56. The molecule has 2 rings (SSSR count). The third-order valence-corrected chi connectivity index (χ3v) is 2.10. The molecule has 1 aromatic heterocycles. The number of aromatic nitrogens is 2. The summed E-state index contributed by atoms with van der Waals surface area (Å²) in [6.07, 6.45) is 2.58. The van der Waals surface area contributed by atoms with Crippen LogP contribution in [0, 0.1) is 6.92 Å². The van der Waals surface area contributed by atoms with E-state index in [-0.39, 0.29) is 0 Å². The highest BCUT2D eigenvalue weighted by molar-refractivity contribution is 5.22. The van der Waals surface area contributed by atoms with E-state index in [1.165, 1.54) is 18.5 Å². The molecule has 0 radical (unpaired) electrons. The fraction of sp³-hybridized carbons (Fsp3) is 0.625. The SMILES string of the molecule is Cc1nc(C2CC2)c(CN)[nH]1. The van der Waals surface area contributed by atoms with Crippen molar-refractivity contribution >= 4 is 0 Å². The summed E-state index contributed by atoms with van der Waals surface area (Å²) in [4.78, 5) is 7.59. The van der Waals surface area contributed by atoms with Crippen LogP contribution in [0.1, 0.15) is 36.0 Å². The van der Waals surface area contributed by atoms with Gasteiger partial charge < -0.3 is 10.7 Å². The van der Waals surface area contributed by atoms with Crippen LogP contribution in [0.4, 0.5) is 0 Å². The molecular formula is C8H13N3. The van der Waals surface area contributed by atoms with Gasteiger partial charge in [-0.1, -0.05) is 0 Å². The van der Waals surface area contributed by atoms with Crippen LogP contribution in [-0.2, 0) is 6.54 Å². The second-order valence-electron chi connectivity index (χ2n) is 3.16. The molecular weight excluding hydrogens is 138 g/mol. The molecule has 0 unspecified atom stereocenters. The molecule has 1 fully saturated rings. The molecule has 1 saturated carbocycles. The Bertz CT molecular complexity index is 260. The number of aromatic amines is 1. The van der Waals surface area contributed by atoms with Crippen molar-refractivity contribution in [3.05, 3.63) is 17.2 Å². The number of H-pyrrole nitrogens is 1. The van der Waals surface area contributed by atoms with Crippen LogP contribution in [0.25, 0.3) is 0 Å². The lowest BCUT2D eigenvalue weighted by Crippen LogP contribution is -1.99. The zero-order chi connectivity index (χ0) is 7.84. The van der Waals surface area contributed by atoms with Crippen LogP contribution < -0.4 is 5.73 Å². The molecule has 1 aromatic rings. The first kappa shape index (κ1) is 6.85. The molecule has 1 aliphatic rings. The Morgan fingerprint density at radius 1 is 1.64 bits per heavy atom. The minimum Gasteiger partial charge on any atom is -0.345 e. The minimum absolute atomic E-state index is 0.590. The van der Waals surface area contributed by atoms with Gasteiger partial charge in [-0.15, -0.1) is 0 Å². The zero-order valence-electron chi connectivity index (χ0n) is 6.72. The molecule has 11 heavy (non-hydrogen) atoms. The standard InChI is InChI=1S/C8H13N3/c1-5-10-7(4-9)8(11-5)6-2-3-6/h6H,2-4,9H2,1H3,(H,10,11). The Morgan fingerprint density at radius 3 is 2.91 bits per heavy atom. The summed E-state index contributed by atoms with van der Waals surface area (Å²) in [5, 5.41) is 0. The van der Waals surface area contributed by atoms with Gasteiger partial charge in [0.1, 0.15) is 5.82 Å². The lowest BCUT2D eigenvalue weighted by molar-refractivity contribution is 0.944. The fourth-order valence-corrected chi connectivity index (χ4v) is 1.41. The first-order chi connectivity index (χ1) is 5.31. The van der Waals surface area contributed by atoms with Crippen LogP contribution >= 0.6 is 0 Å². The molecule has 0 amide bonds. The Labute approximate surface area is 66.0 Å². The van der Waals surface area contributed by atoms with Crippen molar-refractivity contribution in [1.82, 2.24) is 9.97 Å². The average Bonchev–Trinajstić information content (AvgIpc) is 2.75. The Morgan fingerprint density at radius 2 is 2.36 bits per heavy atom. The van der Waals surface area contributed by atoms with E-state index in [4.69, 9.17) is 5.73 Å². The second-order valence-corrected chi connectivity index (χ2v) is 3.16. The molecule has 3 nitrogen and oxygen atoms in total. The molecule has 3 heteroatoms. The number of hydrogen-bond donors (Lipinski definition) is 2. The summed E-state index contributed by atoms with van der Waals surface area (Å²) >= 11 is 0. The molecule has 0 saturated heterocycles. The van der Waals surface area contributed by atoms with Crippen LogP contribution in [0.15, 0.2) is 0 Å². The van der Waals surface area contributed by atoms with Gasteiger partial charge in [0.2, 0.25) is 0 Å². The molecule has 0 spiro atoms. The molecule has 1 aliphatic carbocycles. The lowest BCUT2D eigenvalue weighted by atomic mass is 10.2. The quantitative estimate of drug-likeness (QED) is 0.664. The molecule has 3 N–H and O–H groups in total. The smallest absolute Gasteiger partial charge is 0.103 e.